The van der Waals surface area contributed by atoms with E-state index in [9.17, 15) is 9.59 Å². The molecule has 2 aromatic carbocycles. The first-order chi connectivity index (χ1) is 16.0. The van der Waals surface area contributed by atoms with Crippen LogP contribution in [0.5, 0.6) is 5.75 Å². The van der Waals surface area contributed by atoms with Crippen molar-refractivity contribution in [2.45, 2.75) is 20.0 Å². The number of nitrogens with zero attached hydrogens (tertiary/aromatic N) is 3. The molecule has 7 nitrogen and oxygen atoms in total. The van der Waals surface area contributed by atoms with E-state index in [1.807, 2.05) is 41.8 Å². The predicted molar refractivity (Wildman–Crippen MR) is 131 cm³/mol. The third kappa shape index (κ3) is 5.62. The van der Waals surface area contributed by atoms with Crippen LogP contribution in [0.1, 0.15) is 11.3 Å². The lowest BCUT2D eigenvalue weighted by molar-refractivity contribution is -0.116. The molecule has 0 bridgehead atoms. The number of hydrogen-bond acceptors (Lipinski definition) is 5. The van der Waals surface area contributed by atoms with Crippen LogP contribution >= 0.6 is 0 Å². The summed E-state index contributed by atoms with van der Waals surface area (Å²) in [6.07, 6.45) is 1.63. The molecule has 2 heterocycles. The van der Waals surface area contributed by atoms with E-state index >= 15 is 0 Å². The molecule has 3 aromatic rings. The zero-order valence-corrected chi connectivity index (χ0v) is 19.2. The van der Waals surface area contributed by atoms with Gasteiger partial charge in [-0.1, -0.05) is 36.4 Å². The van der Waals surface area contributed by atoms with E-state index in [0.29, 0.717) is 6.54 Å². The molecular weight excluding hydrogens is 416 g/mol. The maximum absolute atomic E-state index is 12.8. The van der Waals surface area contributed by atoms with Crippen LogP contribution in [0.15, 0.2) is 71.7 Å². The molecule has 0 unspecified atom stereocenters. The lowest BCUT2D eigenvalue weighted by Crippen LogP contribution is -2.46. The van der Waals surface area contributed by atoms with Gasteiger partial charge in [-0.25, -0.2) is 0 Å². The summed E-state index contributed by atoms with van der Waals surface area (Å²) >= 11 is 0. The van der Waals surface area contributed by atoms with Crippen LogP contribution in [0.3, 0.4) is 0 Å². The average molecular weight is 447 g/mol. The first-order valence-electron chi connectivity index (χ1n) is 11.2. The molecule has 1 amide bonds. The quantitative estimate of drug-likeness (QED) is 0.604. The molecule has 1 aliphatic heterocycles. The minimum absolute atomic E-state index is 0.101. The summed E-state index contributed by atoms with van der Waals surface area (Å²) in [6.45, 7) is 6.24. The summed E-state index contributed by atoms with van der Waals surface area (Å²) in [5, 5.41) is 2.97. The number of nitrogens with one attached hydrogen (secondary N) is 1. The highest BCUT2D eigenvalue weighted by Gasteiger charge is 2.19. The molecule has 0 radical (unpaired) electrons. The van der Waals surface area contributed by atoms with Gasteiger partial charge in [0.25, 0.3) is 0 Å². The Morgan fingerprint density at radius 2 is 1.70 bits per heavy atom. The minimum atomic E-state index is -0.175. The summed E-state index contributed by atoms with van der Waals surface area (Å²) in [7, 11) is 1.47. The predicted octanol–water partition coefficient (Wildman–Crippen LogP) is 3.13. The summed E-state index contributed by atoms with van der Waals surface area (Å²) in [5.41, 5.74) is 3.64. The van der Waals surface area contributed by atoms with Crippen LogP contribution < -0.4 is 20.4 Å². The maximum atomic E-state index is 12.8. The van der Waals surface area contributed by atoms with Gasteiger partial charge in [0.15, 0.2) is 5.75 Å². The second kappa shape index (κ2) is 10.4. The number of aryl methyl sites for hydroxylation is 1. The van der Waals surface area contributed by atoms with E-state index in [2.05, 4.69) is 39.4 Å². The van der Waals surface area contributed by atoms with Crippen LogP contribution in [-0.2, 0) is 17.9 Å². The Morgan fingerprint density at radius 1 is 1.00 bits per heavy atom. The Kier molecular flexibility index (Phi) is 7.10. The lowest BCUT2D eigenvalue weighted by Gasteiger charge is -2.36. The highest BCUT2D eigenvalue weighted by atomic mass is 16.5. The van der Waals surface area contributed by atoms with Crippen molar-refractivity contribution in [2.24, 2.45) is 0 Å². The monoisotopic (exact) mass is 446 g/mol. The molecule has 1 N–H and O–H groups in total. The van der Waals surface area contributed by atoms with Gasteiger partial charge in [0.1, 0.15) is 6.54 Å². The van der Waals surface area contributed by atoms with E-state index in [-0.39, 0.29) is 23.6 Å². The Morgan fingerprint density at radius 3 is 2.39 bits per heavy atom. The molecule has 33 heavy (non-hydrogen) atoms. The smallest absolute Gasteiger partial charge is 0.244 e. The third-order valence-electron chi connectivity index (χ3n) is 6.01. The van der Waals surface area contributed by atoms with Crippen molar-refractivity contribution < 1.29 is 9.53 Å². The van der Waals surface area contributed by atoms with Gasteiger partial charge < -0.3 is 19.5 Å². The topological polar surface area (TPSA) is 66.8 Å². The molecule has 7 heteroatoms. The van der Waals surface area contributed by atoms with E-state index in [1.54, 1.807) is 12.3 Å². The lowest BCUT2D eigenvalue weighted by atomic mass is 10.2. The highest BCUT2D eigenvalue weighted by Crippen LogP contribution is 2.18. The standard InChI is InChI=1S/C26H30N4O3/c1-20-8-6-7-11-23(20)27-26(32)19-30-18-25(33-2)24(31)16-22(30)17-28-12-14-29(15-13-28)21-9-4-3-5-10-21/h3-11,16,18H,12-15,17,19H2,1-2H3,(H,27,32). The fraction of sp³-hybridized carbons (Fsp3) is 0.308. The summed E-state index contributed by atoms with van der Waals surface area (Å²) in [4.78, 5) is 29.9. The van der Waals surface area contributed by atoms with Crippen molar-refractivity contribution in [1.82, 2.24) is 9.47 Å². The zero-order valence-electron chi connectivity index (χ0n) is 19.2. The molecule has 0 atom stereocenters. The first-order valence-corrected chi connectivity index (χ1v) is 11.2. The number of benzene rings is 2. The summed E-state index contributed by atoms with van der Waals surface area (Å²) in [6, 6.07) is 19.7. The maximum Gasteiger partial charge on any atom is 0.244 e. The minimum Gasteiger partial charge on any atom is -0.491 e. The fourth-order valence-electron chi connectivity index (χ4n) is 4.12. The van der Waals surface area contributed by atoms with Crippen molar-refractivity contribution in [3.63, 3.8) is 0 Å². The van der Waals surface area contributed by atoms with Gasteiger partial charge in [0.05, 0.1) is 13.3 Å². The molecule has 1 aromatic heterocycles. The molecule has 0 saturated carbocycles. The van der Waals surface area contributed by atoms with Crippen LogP contribution in [0.2, 0.25) is 0 Å². The number of para-hydroxylation sites is 2. The Balaban J connectivity index is 1.46. The van der Waals surface area contributed by atoms with Crippen molar-refractivity contribution in [3.05, 3.63) is 88.3 Å². The summed E-state index contributed by atoms with van der Waals surface area (Å²) < 4.78 is 7.04. The van der Waals surface area contributed by atoms with E-state index in [1.165, 1.54) is 12.8 Å². The highest BCUT2D eigenvalue weighted by molar-refractivity contribution is 5.91. The summed E-state index contributed by atoms with van der Waals surface area (Å²) in [5.74, 6) is 0.0847. The van der Waals surface area contributed by atoms with Crippen molar-refractivity contribution in [2.75, 3.05) is 43.5 Å². The second-order valence-corrected chi connectivity index (χ2v) is 8.29. The van der Waals surface area contributed by atoms with Gasteiger partial charge in [0, 0.05) is 55.9 Å². The van der Waals surface area contributed by atoms with Gasteiger partial charge >= 0.3 is 0 Å². The number of amides is 1. The number of rotatable bonds is 7. The van der Waals surface area contributed by atoms with Crippen LogP contribution in [0.4, 0.5) is 11.4 Å². The molecule has 0 spiro atoms. The Labute approximate surface area is 194 Å². The van der Waals surface area contributed by atoms with Gasteiger partial charge in [-0.05, 0) is 30.7 Å². The van der Waals surface area contributed by atoms with Crippen molar-refractivity contribution in [1.29, 1.82) is 0 Å². The molecule has 0 aliphatic carbocycles. The van der Waals surface area contributed by atoms with Gasteiger partial charge in [-0.3, -0.25) is 14.5 Å². The van der Waals surface area contributed by atoms with E-state index in [4.69, 9.17) is 4.74 Å². The Bertz CT molecular complexity index is 1150. The normalized spacial score (nSPS) is 14.2. The molecule has 1 fully saturated rings. The number of carbonyl (C=O) groups excluding carboxylic acids is 1. The number of anilines is 2. The number of methoxy groups -OCH3 is 1. The second-order valence-electron chi connectivity index (χ2n) is 8.29. The SMILES string of the molecule is COc1cn(CC(=O)Nc2ccccc2C)c(CN2CCN(c3ccccc3)CC2)cc1=O. The number of piperazine rings is 1. The van der Waals surface area contributed by atoms with E-state index in [0.717, 1.165) is 43.1 Å². The molecule has 4 rings (SSSR count). The van der Waals surface area contributed by atoms with Crippen LogP contribution in [-0.4, -0.2) is 48.7 Å². The van der Waals surface area contributed by atoms with Gasteiger partial charge in [-0.2, -0.15) is 0 Å². The number of hydrogen-bond donors (Lipinski definition) is 1. The van der Waals surface area contributed by atoms with Gasteiger partial charge in [-0.15, -0.1) is 0 Å². The zero-order chi connectivity index (χ0) is 23.2. The fourth-order valence-corrected chi connectivity index (χ4v) is 4.12. The third-order valence-corrected chi connectivity index (χ3v) is 6.01. The van der Waals surface area contributed by atoms with Crippen LogP contribution in [0, 0.1) is 6.92 Å². The molecule has 1 aliphatic rings. The van der Waals surface area contributed by atoms with E-state index < -0.39 is 0 Å². The molecular formula is C26H30N4O3. The molecule has 172 valence electrons. The number of pyridine rings is 1. The number of ether oxygens (including phenoxy) is 1. The number of aromatic nitrogens is 1. The largest absolute Gasteiger partial charge is 0.491 e. The van der Waals surface area contributed by atoms with Crippen LogP contribution in [0.25, 0.3) is 0 Å². The van der Waals surface area contributed by atoms with Crippen molar-refractivity contribution >= 4 is 17.3 Å². The number of carbonyl (C=O) groups is 1. The molecule has 1 saturated heterocycles. The van der Waals surface area contributed by atoms with Gasteiger partial charge in [0.2, 0.25) is 11.3 Å². The first kappa shape index (κ1) is 22.6. The Hall–Kier alpha value is -3.58. The average Bonchev–Trinajstić information content (AvgIpc) is 2.83. The van der Waals surface area contributed by atoms with Crippen molar-refractivity contribution in [3.8, 4) is 5.75 Å².